The molecular weight excluding hydrogens is 271 g/mol. The Morgan fingerprint density at radius 1 is 1.24 bits per heavy atom. The summed E-state index contributed by atoms with van der Waals surface area (Å²) in [5, 5.41) is 11.4. The van der Waals surface area contributed by atoms with Crippen LogP contribution in [0.4, 0.5) is 4.39 Å². The van der Waals surface area contributed by atoms with Crippen LogP contribution in [0.2, 0.25) is 0 Å². The minimum Gasteiger partial charge on any atom is -0.489 e. The molecule has 0 heterocycles. The third kappa shape index (κ3) is 3.51. The second-order valence-electron chi connectivity index (χ2n) is 4.55. The lowest BCUT2D eigenvalue weighted by molar-refractivity contribution is 0.299. The van der Waals surface area contributed by atoms with Gasteiger partial charge < -0.3 is 15.7 Å². The van der Waals surface area contributed by atoms with Crippen LogP contribution in [-0.2, 0) is 13.0 Å². The predicted molar refractivity (Wildman–Crippen MR) is 79.1 cm³/mol. The number of benzene rings is 2. The average Bonchev–Trinajstić information content (AvgIpc) is 2.53. The molecule has 0 saturated carbocycles. The van der Waals surface area contributed by atoms with Crippen molar-refractivity contribution >= 4 is 5.84 Å². The fourth-order valence-corrected chi connectivity index (χ4v) is 1.93. The van der Waals surface area contributed by atoms with E-state index in [9.17, 15) is 4.39 Å². The first-order valence-electron chi connectivity index (χ1n) is 6.62. The number of rotatable bonds is 5. The molecule has 0 aliphatic heterocycles. The highest BCUT2D eigenvalue weighted by Gasteiger charge is 2.11. The maximum atomic E-state index is 14.2. The Bertz CT molecular complexity index is 639. The molecule has 0 bridgehead atoms. The summed E-state index contributed by atoms with van der Waals surface area (Å²) in [5.74, 6) is -0.138. The SMILES string of the molecule is CCc1ccc(OCc2cccc(/C(N)=N/O)c2F)cc1. The summed E-state index contributed by atoms with van der Waals surface area (Å²) in [7, 11) is 0. The first-order chi connectivity index (χ1) is 10.2. The molecule has 0 aliphatic carbocycles. The van der Waals surface area contributed by atoms with Gasteiger partial charge >= 0.3 is 0 Å². The van der Waals surface area contributed by atoms with Gasteiger partial charge in [-0.15, -0.1) is 0 Å². The van der Waals surface area contributed by atoms with Gasteiger partial charge in [-0.25, -0.2) is 4.39 Å². The van der Waals surface area contributed by atoms with Crippen molar-refractivity contribution in [3.63, 3.8) is 0 Å². The predicted octanol–water partition coefficient (Wildman–Crippen LogP) is 3.06. The first kappa shape index (κ1) is 14.8. The maximum Gasteiger partial charge on any atom is 0.173 e. The second-order valence-corrected chi connectivity index (χ2v) is 4.55. The van der Waals surface area contributed by atoms with E-state index in [2.05, 4.69) is 12.1 Å². The number of hydrogen-bond donors (Lipinski definition) is 2. The van der Waals surface area contributed by atoms with Crippen LogP contribution in [-0.4, -0.2) is 11.0 Å². The third-order valence-corrected chi connectivity index (χ3v) is 3.19. The molecule has 0 aliphatic rings. The zero-order valence-corrected chi connectivity index (χ0v) is 11.7. The van der Waals surface area contributed by atoms with Gasteiger partial charge in [0.05, 0.1) is 5.56 Å². The van der Waals surface area contributed by atoms with Crippen molar-refractivity contribution < 1.29 is 14.3 Å². The second kappa shape index (κ2) is 6.74. The summed E-state index contributed by atoms with van der Waals surface area (Å²) < 4.78 is 19.7. The van der Waals surface area contributed by atoms with Gasteiger partial charge in [-0.1, -0.05) is 36.3 Å². The van der Waals surface area contributed by atoms with Gasteiger partial charge in [0.25, 0.3) is 0 Å². The minimum absolute atomic E-state index is 0.0555. The topological polar surface area (TPSA) is 67.8 Å². The summed E-state index contributed by atoms with van der Waals surface area (Å²) >= 11 is 0. The molecule has 0 fully saturated rings. The Kier molecular flexibility index (Phi) is 4.77. The average molecular weight is 288 g/mol. The van der Waals surface area contributed by atoms with E-state index in [-0.39, 0.29) is 18.0 Å². The van der Waals surface area contributed by atoms with E-state index >= 15 is 0 Å². The van der Waals surface area contributed by atoms with Crippen LogP contribution < -0.4 is 10.5 Å². The number of aryl methyl sites for hydroxylation is 1. The van der Waals surface area contributed by atoms with Gasteiger partial charge in [-0.2, -0.15) is 0 Å². The molecule has 21 heavy (non-hydrogen) atoms. The normalized spacial score (nSPS) is 11.4. The van der Waals surface area contributed by atoms with Crippen molar-refractivity contribution in [2.75, 3.05) is 0 Å². The van der Waals surface area contributed by atoms with Gasteiger partial charge in [0.2, 0.25) is 0 Å². The Morgan fingerprint density at radius 3 is 2.57 bits per heavy atom. The molecule has 2 aromatic rings. The fourth-order valence-electron chi connectivity index (χ4n) is 1.93. The van der Waals surface area contributed by atoms with E-state index in [0.717, 1.165) is 6.42 Å². The number of ether oxygens (including phenoxy) is 1. The summed E-state index contributed by atoms with van der Waals surface area (Å²) in [6.07, 6.45) is 0.955. The van der Waals surface area contributed by atoms with Crippen molar-refractivity contribution in [3.8, 4) is 5.75 Å². The molecule has 5 heteroatoms. The fraction of sp³-hybridized carbons (Fsp3) is 0.188. The molecule has 0 aromatic heterocycles. The molecule has 3 N–H and O–H groups in total. The Morgan fingerprint density at radius 2 is 1.95 bits per heavy atom. The summed E-state index contributed by atoms with van der Waals surface area (Å²) in [5.41, 5.74) is 7.03. The number of nitrogens with zero attached hydrogens (tertiary/aromatic N) is 1. The Hall–Kier alpha value is -2.56. The molecule has 0 amide bonds. The molecule has 4 nitrogen and oxygen atoms in total. The summed E-state index contributed by atoms with van der Waals surface area (Å²) in [6, 6.07) is 12.3. The largest absolute Gasteiger partial charge is 0.489 e. The lowest BCUT2D eigenvalue weighted by Crippen LogP contribution is -2.16. The van der Waals surface area contributed by atoms with Crippen LogP contribution in [0.3, 0.4) is 0 Å². The number of halogens is 1. The number of oxime groups is 1. The van der Waals surface area contributed by atoms with Gasteiger partial charge in [-0.05, 0) is 30.2 Å². The van der Waals surface area contributed by atoms with Crippen LogP contribution >= 0.6 is 0 Å². The highest BCUT2D eigenvalue weighted by molar-refractivity contribution is 5.97. The molecule has 2 rings (SSSR count). The zero-order valence-electron chi connectivity index (χ0n) is 11.7. The van der Waals surface area contributed by atoms with Crippen LogP contribution in [0.1, 0.15) is 23.6 Å². The Balaban J connectivity index is 2.12. The van der Waals surface area contributed by atoms with Crippen molar-refractivity contribution in [2.45, 2.75) is 20.0 Å². The van der Waals surface area contributed by atoms with E-state index in [0.29, 0.717) is 11.3 Å². The van der Waals surface area contributed by atoms with E-state index in [4.69, 9.17) is 15.7 Å². The van der Waals surface area contributed by atoms with Crippen molar-refractivity contribution in [2.24, 2.45) is 10.9 Å². The maximum absolute atomic E-state index is 14.2. The van der Waals surface area contributed by atoms with E-state index in [1.807, 2.05) is 24.3 Å². The highest BCUT2D eigenvalue weighted by Crippen LogP contribution is 2.17. The molecule has 0 radical (unpaired) electrons. The van der Waals surface area contributed by atoms with Gasteiger partial charge in [0.1, 0.15) is 18.2 Å². The van der Waals surface area contributed by atoms with Crippen molar-refractivity contribution in [3.05, 3.63) is 65.0 Å². The van der Waals surface area contributed by atoms with Crippen LogP contribution in [0.5, 0.6) is 5.75 Å². The van der Waals surface area contributed by atoms with Gasteiger partial charge in [0.15, 0.2) is 5.84 Å². The van der Waals surface area contributed by atoms with Crippen LogP contribution in [0, 0.1) is 5.82 Å². The quantitative estimate of drug-likeness (QED) is 0.384. The molecule has 0 spiro atoms. The molecule has 0 saturated heterocycles. The van der Waals surface area contributed by atoms with Crippen LogP contribution in [0.25, 0.3) is 0 Å². The third-order valence-electron chi connectivity index (χ3n) is 3.19. The minimum atomic E-state index is -0.544. The number of amidine groups is 1. The van der Waals surface area contributed by atoms with Crippen molar-refractivity contribution in [1.29, 1.82) is 0 Å². The highest BCUT2D eigenvalue weighted by atomic mass is 19.1. The molecule has 0 unspecified atom stereocenters. The lowest BCUT2D eigenvalue weighted by atomic mass is 10.1. The van der Waals surface area contributed by atoms with E-state index < -0.39 is 5.82 Å². The summed E-state index contributed by atoms with van der Waals surface area (Å²) in [6.45, 7) is 2.15. The molecule has 110 valence electrons. The monoisotopic (exact) mass is 288 g/mol. The summed E-state index contributed by atoms with van der Waals surface area (Å²) in [4.78, 5) is 0. The first-order valence-corrected chi connectivity index (χ1v) is 6.62. The van der Waals surface area contributed by atoms with E-state index in [1.165, 1.54) is 11.6 Å². The standard InChI is InChI=1S/C16H17FN2O2/c1-2-11-6-8-13(9-7-11)21-10-12-4-3-5-14(15(12)17)16(18)19-20/h3-9,20H,2,10H2,1H3,(H2,18,19). The molecule has 2 aromatic carbocycles. The zero-order chi connectivity index (χ0) is 15.2. The van der Waals surface area contributed by atoms with Crippen LogP contribution in [0.15, 0.2) is 47.6 Å². The molecular formula is C16H17FN2O2. The van der Waals surface area contributed by atoms with Crippen molar-refractivity contribution in [1.82, 2.24) is 0 Å². The van der Waals surface area contributed by atoms with E-state index in [1.54, 1.807) is 12.1 Å². The van der Waals surface area contributed by atoms with Gasteiger partial charge in [-0.3, -0.25) is 0 Å². The Labute approximate surface area is 122 Å². The smallest absolute Gasteiger partial charge is 0.173 e. The number of nitrogens with two attached hydrogens (primary N) is 1. The van der Waals surface area contributed by atoms with Gasteiger partial charge in [0, 0.05) is 5.56 Å². The lowest BCUT2D eigenvalue weighted by Gasteiger charge is -2.10. The molecule has 0 atom stereocenters. The number of hydrogen-bond acceptors (Lipinski definition) is 3.